The second-order valence-electron chi connectivity index (χ2n) is 5.68. The average molecular weight is 292 g/mol. The second-order valence-corrected chi connectivity index (χ2v) is 5.68. The van der Waals surface area contributed by atoms with Crippen LogP contribution in [-0.4, -0.2) is 10.9 Å². The van der Waals surface area contributed by atoms with Gasteiger partial charge in [0.15, 0.2) is 11.5 Å². The summed E-state index contributed by atoms with van der Waals surface area (Å²) in [5.74, 6) is 0.407. The molecule has 4 nitrogen and oxygen atoms in total. The van der Waals surface area contributed by atoms with E-state index in [2.05, 4.69) is 22.4 Å². The summed E-state index contributed by atoms with van der Waals surface area (Å²) in [7, 11) is 0. The first kappa shape index (κ1) is 13.1. The average Bonchev–Trinajstić information content (AvgIpc) is 3.10. The number of nitrogens with one attached hydrogen (secondary N) is 1. The van der Waals surface area contributed by atoms with Gasteiger partial charge in [0.25, 0.3) is 5.91 Å². The van der Waals surface area contributed by atoms with Gasteiger partial charge < -0.3 is 9.73 Å². The third-order valence-electron chi connectivity index (χ3n) is 4.13. The third kappa shape index (κ3) is 2.17. The molecule has 0 aliphatic heterocycles. The van der Waals surface area contributed by atoms with Crippen LogP contribution in [0.5, 0.6) is 0 Å². The Bertz CT molecular complexity index is 880. The van der Waals surface area contributed by atoms with E-state index < -0.39 is 0 Å². The van der Waals surface area contributed by atoms with Crippen molar-refractivity contribution in [2.24, 2.45) is 0 Å². The van der Waals surface area contributed by atoms with Crippen molar-refractivity contribution in [3.05, 3.63) is 59.0 Å². The molecule has 0 spiro atoms. The summed E-state index contributed by atoms with van der Waals surface area (Å²) in [6.45, 7) is 1.78. The van der Waals surface area contributed by atoms with Crippen molar-refractivity contribution < 1.29 is 9.21 Å². The van der Waals surface area contributed by atoms with Crippen LogP contribution in [0.1, 0.15) is 33.8 Å². The molecule has 0 saturated heterocycles. The van der Waals surface area contributed by atoms with Gasteiger partial charge in [-0.1, -0.05) is 12.1 Å². The van der Waals surface area contributed by atoms with E-state index in [0.29, 0.717) is 22.6 Å². The van der Waals surface area contributed by atoms with Crippen LogP contribution in [0.15, 0.2) is 40.8 Å². The van der Waals surface area contributed by atoms with E-state index in [0.717, 1.165) is 18.5 Å². The molecular formula is C18H16N2O2. The molecule has 0 bridgehead atoms. The van der Waals surface area contributed by atoms with E-state index >= 15 is 0 Å². The van der Waals surface area contributed by atoms with E-state index in [1.807, 2.05) is 18.2 Å². The number of carbonyl (C=O) groups excluding carboxylic acids is 1. The Hall–Kier alpha value is -2.62. The van der Waals surface area contributed by atoms with E-state index in [9.17, 15) is 4.79 Å². The van der Waals surface area contributed by atoms with Crippen molar-refractivity contribution in [1.82, 2.24) is 4.98 Å². The highest BCUT2D eigenvalue weighted by molar-refractivity contribution is 6.11. The zero-order valence-corrected chi connectivity index (χ0v) is 12.3. The Morgan fingerprint density at radius 3 is 2.95 bits per heavy atom. The van der Waals surface area contributed by atoms with Crippen LogP contribution in [0.4, 0.5) is 5.69 Å². The number of oxazole rings is 1. The molecule has 1 amide bonds. The number of carbonyl (C=O) groups is 1. The van der Waals surface area contributed by atoms with Crippen molar-refractivity contribution in [2.75, 3.05) is 5.32 Å². The van der Waals surface area contributed by atoms with Crippen LogP contribution in [0.25, 0.3) is 11.1 Å². The maximum absolute atomic E-state index is 12.5. The molecule has 2 aromatic carbocycles. The molecule has 110 valence electrons. The van der Waals surface area contributed by atoms with Crippen LogP contribution in [0.3, 0.4) is 0 Å². The predicted octanol–water partition coefficient (Wildman–Crippen LogP) is 3.88. The summed E-state index contributed by atoms with van der Waals surface area (Å²) >= 11 is 0. The molecule has 1 aromatic heterocycles. The lowest BCUT2D eigenvalue weighted by Gasteiger charge is -2.07. The van der Waals surface area contributed by atoms with Gasteiger partial charge in [-0.3, -0.25) is 4.79 Å². The van der Waals surface area contributed by atoms with Crippen molar-refractivity contribution in [2.45, 2.75) is 26.2 Å². The number of benzene rings is 2. The zero-order chi connectivity index (χ0) is 15.1. The highest BCUT2D eigenvalue weighted by Gasteiger charge is 2.16. The van der Waals surface area contributed by atoms with Gasteiger partial charge in [0.2, 0.25) is 0 Å². The number of amides is 1. The number of rotatable bonds is 2. The summed E-state index contributed by atoms with van der Waals surface area (Å²) in [6.07, 6.45) is 3.43. The van der Waals surface area contributed by atoms with Gasteiger partial charge in [0.1, 0.15) is 5.52 Å². The van der Waals surface area contributed by atoms with Gasteiger partial charge >= 0.3 is 0 Å². The molecule has 3 aromatic rings. The van der Waals surface area contributed by atoms with Gasteiger partial charge in [-0.05, 0) is 54.7 Å². The highest BCUT2D eigenvalue weighted by Crippen LogP contribution is 2.26. The van der Waals surface area contributed by atoms with Crippen LogP contribution in [0, 0.1) is 6.92 Å². The molecule has 0 unspecified atom stereocenters. The number of para-hydroxylation sites is 1. The smallest absolute Gasteiger partial charge is 0.258 e. The maximum Gasteiger partial charge on any atom is 0.258 e. The number of fused-ring (bicyclic) bond motifs is 2. The van der Waals surface area contributed by atoms with Gasteiger partial charge in [0, 0.05) is 12.6 Å². The van der Waals surface area contributed by atoms with E-state index in [1.165, 1.54) is 17.5 Å². The fraction of sp³-hybridized carbons (Fsp3) is 0.222. The summed E-state index contributed by atoms with van der Waals surface area (Å²) < 4.78 is 5.48. The van der Waals surface area contributed by atoms with Crippen LogP contribution >= 0.6 is 0 Å². The molecule has 0 atom stereocenters. The molecule has 1 heterocycles. The summed E-state index contributed by atoms with van der Waals surface area (Å²) in [6, 6.07) is 11.6. The third-order valence-corrected chi connectivity index (χ3v) is 4.13. The lowest BCUT2D eigenvalue weighted by atomic mass is 10.1. The lowest BCUT2D eigenvalue weighted by molar-refractivity contribution is 0.102. The van der Waals surface area contributed by atoms with E-state index in [1.54, 1.807) is 13.0 Å². The van der Waals surface area contributed by atoms with E-state index in [4.69, 9.17) is 4.42 Å². The van der Waals surface area contributed by atoms with Gasteiger partial charge in [-0.25, -0.2) is 4.98 Å². The highest BCUT2D eigenvalue weighted by atomic mass is 16.3. The first-order valence-electron chi connectivity index (χ1n) is 7.50. The van der Waals surface area contributed by atoms with Crippen molar-refractivity contribution in [3.8, 4) is 0 Å². The fourth-order valence-electron chi connectivity index (χ4n) is 3.09. The van der Waals surface area contributed by atoms with Gasteiger partial charge in [-0.2, -0.15) is 0 Å². The second kappa shape index (κ2) is 4.98. The zero-order valence-electron chi connectivity index (χ0n) is 12.3. The minimum Gasteiger partial charge on any atom is -0.441 e. The molecule has 0 saturated carbocycles. The quantitative estimate of drug-likeness (QED) is 0.780. The number of aryl methyl sites for hydroxylation is 3. The Kier molecular flexibility index (Phi) is 2.96. The Morgan fingerprint density at radius 1 is 1.18 bits per heavy atom. The van der Waals surface area contributed by atoms with Crippen LogP contribution in [0.2, 0.25) is 0 Å². The van der Waals surface area contributed by atoms with Gasteiger partial charge in [-0.15, -0.1) is 0 Å². The number of nitrogens with zero attached hydrogens (tertiary/aromatic N) is 1. The fourth-order valence-corrected chi connectivity index (χ4v) is 3.09. The van der Waals surface area contributed by atoms with E-state index in [-0.39, 0.29) is 5.91 Å². The number of aromatic nitrogens is 1. The molecule has 22 heavy (non-hydrogen) atoms. The molecule has 4 rings (SSSR count). The van der Waals surface area contributed by atoms with Crippen LogP contribution in [-0.2, 0) is 12.8 Å². The molecule has 4 heteroatoms. The van der Waals surface area contributed by atoms with Crippen molar-refractivity contribution in [1.29, 1.82) is 0 Å². The molecule has 0 fully saturated rings. The summed E-state index contributed by atoms with van der Waals surface area (Å²) in [5.41, 5.74) is 5.36. The first-order valence-corrected chi connectivity index (χ1v) is 7.50. The molecule has 1 aliphatic rings. The van der Waals surface area contributed by atoms with Crippen LogP contribution < -0.4 is 5.32 Å². The standard InChI is InChI=1S/C18H16N2O2/c1-11-19-17-15(6-3-7-16(17)22-11)18(21)20-14-9-8-12-4-2-5-13(12)10-14/h3,6-10H,2,4-5H2,1H3,(H,20,21). The molecule has 1 aliphatic carbocycles. The Morgan fingerprint density at radius 2 is 2.05 bits per heavy atom. The first-order chi connectivity index (χ1) is 10.7. The van der Waals surface area contributed by atoms with Crippen molar-refractivity contribution in [3.63, 3.8) is 0 Å². The number of hydrogen-bond acceptors (Lipinski definition) is 3. The summed E-state index contributed by atoms with van der Waals surface area (Å²) in [4.78, 5) is 16.9. The SMILES string of the molecule is Cc1nc2c(C(=O)Nc3ccc4c(c3)CCC4)cccc2o1. The number of anilines is 1. The normalized spacial score (nSPS) is 13.3. The van der Waals surface area contributed by atoms with Crippen molar-refractivity contribution >= 4 is 22.7 Å². The predicted molar refractivity (Wildman–Crippen MR) is 85.2 cm³/mol. The monoisotopic (exact) mass is 292 g/mol. The molecular weight excluding hydrogens is 276 g/mol. The Balaban J connectivity index is 1.66. The largest absolute Gasteiger partial charge is 0.441 e. The number of hydrogen-bond donors (Lipinski definition) is 1. The molecule has 0 radical (unpaired) electrons. The minimum atomic E-state index is -0.156. The summed E-state index contributed by atoms with van der Waals surface area (Å²) in [5, 5.41) is 2.97. The minimum absolute atomic E-state index is 0.156. The topological polar surface area (TPSA) is 55.1 Å². The lowest BCUT2D eigenvalue weighted by Crippen LogP contribution is -2.12. The van der Waals surface area contributed by atoms with Gasteiger partial charge in [0.05, 0.1) is 5.56 Å². The molecule has 1 N–H and O–H groups in total. The maximum atomic E-state index is 12.5. The Labute approximate surface area is 128 Å².